The van der Waals surface area contributed by atoms with Crippen LogP contribution in [-0.2, 0) is 0 Å². The van der Waals surface area contributed by atoms with Crippen molar-refractivity contribution >= 4 is 27.3 Å². The van der Waals surface area contributed by atoms with E-state index in [1.54, 1.807) is 11.3 Å². The first-order valence-corrected chi connectivity index (χ1v) is 5.16. The molecule has 1 aliphatic carbocycles. The van der Waals surface area contributed by atoms with Gasteiger partial charge in [0.2, 0.25) is 0 Å². The first-order valence-electron chi connectivity index (χ1n) is 3.55. The van der Waals surface area contributed by atoms with Gasteiger partial charge in [-0.15, -0.1) is 11.3 Å². The number of hydrogen-bond donors (Lipinski definition) is 1. The Hall–Kier alpha value is 0.0700. The lowest BCUT2D eigenvalue weighted by Crippen LogP contribution is -2.26. The number of aliphatic hydroxyl groups excluding tert-OH is 1. The van der Waals surface area contributed by atoms with Crippen molar-refractivity contribution < 1.29 is 5.11 Å². The lowest BCUT2D eigenvalue weighted by atomic mass is 9.83. The minimum absolute atomic E-state index is 0.0809. The van der Waals surface area contributed by atoms with Gasteiger partial charge in [0.15, 0.2) is 0 Å². The normalized spacial score (nSPS) is 30.0. The van der Waals surface area contributed by atoms with Crippen LogP contribution < -0.4 is 0 Å². The molecular weight excluding hydrogens is 226 g/mol. The molecule has 2 rings (SSSR count). The smallest absolute Gasteiger partial charge is 0.0969 e. The van der Waals surface area contributed by atoms with Crippen molar-refractivity contribution in [3.63, 3.8) is 0 Å². The fraction of sp³-hybridized carbons (Fsp3) is 0.571. The summed E-state index contributed by atoms with van der Waals surface area (Å²) in [5.41, 5.74) is 0. The molecule has 0 unspecified atom stereocenters. The maximum Gasteiger partial charge on any atom is 0.0969 e. The van der Waals surface area contributed by atoms with E-state index in [1.165, 1.54) is 0 Å². The van der Waals surface area contributed by atoms with Crippen molar-refractivity contribution in [3.05, 3.63) is 15.0 Å². The van der Waals surface area contributed by atoms with Crippen LogP contribution in [0.15, 0.2) is 9.98 Å². The molecule has 1 fully saturated rings. The second-order valence-electron chi connectivity index (χ2n) is 2.82. The van der Waals surface area contributed by atoms with Gasteiger partial charge in [-0.1, -0.05) is 0 Å². The summed E-state index contributed by atoms with van der Waals surface area (Å²) >= 11 is 5.03. The molecule has 0 amide bonds. The van der Waals surface area contributed by atoms with Crippen LogP contribution in [0.3, 0.4) is 0 Å². The van der Waals surface area contributed by atoms with Crippen LogP contribution in [0, 0.1) is 0 Å². The van der Waals surface area contributed by atoms with Gasteiger partial charge in [0, 0.05) is 5.92 Å². The van der Waals surface area contributed by atoms with E-state index < -0.39 is 0 Å². The highest BCUT2D eigenvalue weighted by Gasteiger charge is 2.30. The number of nitrogens with zero attached hydrogens (tertiary/aromatic N) is 1. The van der Waals surface area contributed by atoms with E-state index >= 15 is 0 Å². The van der Waals surface area contributed by atoms with Gasteiger partial charge < -0.3 is 5.11 Å². The molecule has 1 saturated carbocycles. The number of halogens is 1. The zero-order valence-electron chi connectivity index (χ0n) is 5.83. The largest absolute Gasteiger partial charge is 0.393 e. The van der Waals surface area contributed by atoms with Crippen LogP contribution in [0.5, 0.6) is 0 Å². The average Bonchev–Trinajstić information content (AvgIpc) is 2.29. The van der Waals surface area contributed by atoms with E-state index in [-0.39, 0.29) is 6.10 Å². The number of aliphatic hydroxyl groups is 1. The molecule has 0 aliphatic heterocycles. The zero-order chi connectivity index (χ0) is 7.84. The van der Waals surface area contributed by atoms with Gasteiger partial charge >= 0.3 is 0 Å². The van der Waals surface area contributed by atoms with Crippen LogP contribution >= 0.6 is 27.3 Å². The number of aromatic nitrogens is 1. The Morgan fingerprint density at radius 1 is 1.64 bits per heavy atom. The van der Waals surface area contributed by atoms with Gasteiger partial charge in [-0.2, -0.15) is 0 Å². The molecule has 0 bridgehead atoms. The second-order valence-corrected chi connectivity index (χ2v) is 5.27. The summed E-state index contributed by atoms with van der Waals surface area (Å²) in [7, 11) is 0. The molecular formula is C7H8BrNOS. The Morgan fingerprint density at radius 2 is 2.36 bits per heavy atom. The molecule has 11 heavy (non-hydrogen) atoms. The highest BCUT2D eigenvalue weighted by molar-refractivity contribution is 9.11. The Bertz CT molecular complexity index is 257. The molecule has 0 aromatic carbocycles. The van der Waals surface area contributed by atoms with Gasteiger partial charge in [-0.05, 0) is 28.8 Å². The summed E-state index contributed by atoms with van der Waals surface area (Å²) in [6.45, 7) is 0. The molecule has 1 heterocycles. The molecule has 1 aromatic heterocycles. The second kappa shape index (κ2) is 2.84. The fourth-order valence-electron chi connectivity index (χ4n) is 1.25. The minimum atomic E-state index is -0.0809. The topological polar surface area (TPSA) is 33.1 Å². The summed E-state index contributed by atoms with van der Waals surface area (Å²) in [6.07, 6.45) is 3.52. The third-order valence-electron chi connectivity index (χ3n) is 1.96. The van der Waals surface area contributed by atoms with Crippen molar-refractivity contribution in [2.45, 2.75) is 24.9 Å². The van der Waals surface area contributed by atoms with E-state index in [9.17, 15) is 0 Å². The average molecular weight is 234 g/mol. The van der Waals surface area contributed by atoms with Gasteiger partial charge in [-0.25, -0.2) is 4.98 Å². The summed E-state index contributed by atoms with van der Waals surface area (Å²) in [4.78, 5) is 4.23. The maximum absolute atomic E-state index is 9.05. The minimum Gasteiger partial charge on any atom is -0.393 e. The molecule has 4 heteroatoms. The first kappa shape index (κ1) is 7.71. The van der Waals surface area contributed by atoms with Gasteiger partial charge in [-0.3, -0.25) is 0 Å². The highest BCUT2D eigenvalue weighted by atomic mass is 79.9. The molecule has 1 N–H and O–H groups in total. The monoisotopic (exact) mass is 233 g/mol. The molecule has 2 nitrogen and oxygen atoms in total. The van der Waals surface area contributed by atoms with E-state index in [4.69, 9.17) is 5.11 Å². The predicted octanol–water partition coefficient (Wildman–Crippen LogP) is 2.14. The lowest BCUT2D eigenvalue weighted by Gasteiger charge is -2.29. The number of rotatable bonds is 1. The first-order chi connectivity index (χ1) is 5.25. The van der Waals surface area contributed by atoms with Crippen molar-refractivity contribution in [1.82, 2.24) is 4.98 Å². The summed E-state index contributed by atoms with van der Waals surface area (Å²) in [5.74, 6) is 0.515. The van der Waals surface area contributed by atoms with E-state index in [2.05, 4.69) is 20.9 Å². The van der Waals surface area contributed by atoms with Crippen LogP contribution in [0.1, 0.15) is 23.8 Å². The standard InChI is InChI=1S/C7H8BrNOS/c8-6-3-9-7(11-6)4-1-5(10)2-4/h3-5,10H,1-2H2. The molecule has 1 aliphatic rings. The Kier molecular flexibility index (Phi) is 1.99. The molecule has 60 valence electrons. The van der Waals surface area contributed by atoms with Gasteiger partial charge in [0.05, 0.1) is 21.1 Å². The third-order valence-corrected chi connectivity index (χ3v) is 3.60. The SMILES string of the molecule is OC1CC(c2ncc(Br)s2)C1. The van der Waals surface area contributed by atoms with Crippen LogP contribution in [0.4, 0.5) is 0 Å². The summed E-state index contributed by atoms with van der Waals surface area (Å²) in [5, 5.41) is 10.2. The Morgan fingerprint density at radius 3 is 2.82 bits per heavy atom. The lowest BCUT2D eigenvalue weighted by molar-refractivity contribution is 0.0745. The molecule has 0 saturated heterocycles. The third kappa shape index (κ3) is 1.48. The van der Waals surface area contributed by atoms with Crippen LogP contribution in [0.2, 0.25) is 0 Å². The highest BCUT2D eigenvalue weighted by Crippen LogP contribution is 2.39. The van der Waals surface area contributed by atoms with Crippen molar-refractivity contribution in [1.29, 1.82) is 0 Å². The van der Waals surface area contributed by atoms with Crippen molar-refractivity contribution in [2.24, 2.45) is 0 Å². The van der Waals surface area contributed by atoms with E-state index in [0.29, 0.717) is 5.92 Å². The Labute approximate surface area is 77.4 Å². The fourth-order valence-corrected chi connectivity index (χ4v) is 2.61. The van der Waals surface area contributed by atoms with Gasteiger partial charge in [0.1, 0.15) is 0 Å². The summed E-state index contributed by atoms with van der Waals surface area (Å²) in [6, 6.07) is 0. The predicted molar refractivity (Wildman–Crippen MR) is 47.8 cm³/mol. The van der Waals surface area contributed by atoms with Gasteiger partial charge in [0.25, 0.3) is 0 Å². The maximum atomic E-state index is 9.05. The number of thiazole rings is 1. The van der Waals surface area contributed by atoms with E-state index in [0.717, 1.165) is 21.6 Å². The van der Waals surface area contributed by atoms with Crippen LogP contribution in [-0.4, -0.2) is 16.2 Å². The Balaban J connectivity index is 2.07. The summed E-state index contributed by atoms with van der Waals surface area (Å²) < 4.78 is 1.08. The van der Waals surface area contributed by atoms with Crippen molar-refractivity contribution in [3.8, 4) is 0 Å². The van der Waals surface area contributed by atoms with E-state index in [1.807, 2.05) is 6.20 Å². The zero-order valence-corrected chi connectivity index (χ0v) is 8.23. The van der Waals surface area contributed by atoms with Crippen molar-refractivity contribution in [2.75, 3.05) is 0 Å². The van der Waals surface area contributed by atoms with Crippen LogP contribution in [0.25, 0.3) is 0 Å². The molecule has 0 spiro atoms. The molecule has 1 aromatic rings. The quantitative estimate of drug-likeness (QED) is 0.807. The molecule has 0 radical (unpaired) electrons. The molecule has 0 atom stereocenters. The number of hydrogen-bond acceptors (Lipinski definition) is 3.